The van der Waals surface area contributed by atoms with E-state index in [9.17, 15) is 0 Å². The van der Waals surface area contributed by atoms with Gasteiger partial charge in [0.15, 0.2) is 5.76 Å². The third-order valence-corrected chi connectivity index (χ3v) is 6.52. The Hall–Kier alpha value is -1.61. The molecule has 0 aliphatic heterocycles. The number of hydrogen-bond acceptors (Lipinski definition) is 3. The molecule has 2 bridgehead atoms. The molecule has 1 N–H and O–H groups in total. The van der Waals surface area contributed by atoms with Gasteiger partial charge in [-0.3, -0.25) is 0 Å². The number of aromatic nitrogens is 1. The third-order valence-electron chi connectivity index (χ3n) is 6.52. The minimum atomic E-state index is 0.548. The minimum Gasteiger partial charge on any atom is -0.356 e. The lowest BCUT2D eigenvalue weighted by Gasteiger charge is -2.62. The third kappa shape index (κ3) is 2.51. The number of hydrogen-bond donors (Lipinski definition) is 1. The van der Waals surface area contributed by atoms with Gasteiger partial charge >= 0.3 is 0 Å². The summed E-state index contributed by atoms with van der Waals surface area (Å²) in [6.45, 7) is 8.10. The largest absolute Gasteiger partial charge is 0.356 e. The van der Waals surface area contributed by atoms with Gasteiger partial charge in [0, 0.05) is 24.2 Å². The van der Waals surface area contributed by atoms with Crippen LogP contribution in [0.25, 0.3) is 11.3 Å². The van der Waals surface area contributed by atoms with Crippen molar-refractivity contribution in [2.45, 2.75) is 46.2 Å². The molecule has 122 valence electrons. The van der Waals surface area contributed by atoms with Crippen molar-refractivity contribution in [2.75, 3.05) is 0 Å². The van der Waals surface area contributed by atoms with E-state index in [1.165, 1.54) is 12.8 Å². The number of rotatable bonds is 4. The van der Waals surface area contributed by atoms with Crippen LogP contribution in [-0.2, 0) is 6.54 Å². The summed E-state index contributed by atoms with van der Waals surface area (Å²) in [4.78, 5) is 0. The zero-order valence-corrected chi connectivity index (χ0v) is 14.3. The minimum absolute atomic E-state index is 0.548. The van der Waals surface area contributed by atoms with Crippen molar-refractivity contribution in [3.63, 3.8) is 0 Å². The molecule has 3 nitrogen and oxygen atoms in total. The molecule has 3 saturated carbocycles. The first kappa shape index (κ1) is 14.9. The monoisotopic (exact) mass is 310 g/mol. The highest BCUT2D eigenvalue weighted by Gasteiger charge is 2.55. The molecular formula is C20H26N2O. The Morgan fingerprint density at radius 2 is 2.00 bits per heavy atom. The molecule has 2 aromatic rings. The molecule has 5 rings (SSSR count). The Balaban J connectivity index is 1.38. The molecule has 0 unspecified atom stereocenters. The molecule has 3 aliphatic carbocycles. The van der Waals surface area contributed by atoms with Crippen LogP contribution in [0.5, 0.6) is 0 Å². The Morgan fingerprint density at radius 3 is 2.70 bits per heavy atom. The molecule has 0 amide bonds. The average Bonchev–Trinajstić information content (AvgIpc) is 3.03. The summed E-state index contributed by atoms with van der Waals surface area (Å²) in [6, 6.07) is 12.8. The number of benzene rings is 1. The fraction of sp³-hybridized carbons (Fsp3) is 0.550. The van der Waals surface area contributed by atoms with E-state index in [1.54, 1.807) is 0 Å². The van der Waals surface area contributed by atoms with Gasteiger partial charge < -0.3 is 9.84 Å². The van der Waals surface area contributed by atoms with E-state index in [4.69, 9.17) is 4.52 Å². The van der Waals surface area contributed by atoms with Crippen LogP contribution in [0.4, 0.5) is 0 Å². The van der Waals surface area contributed by atoms with Crippen LogP contribution in [0, 0.1) is 23.2 Å². The van der Waals surface area contributed by atoms with Gasteiger partial charge in [0.2, 0.25) is 0 Å². The zero-order chi connectivity index (χ0) is 16.0. The first-order valence-corrected chi connectivity index (χ1v) is 8.80. The SMILES string of the molecule is C[C@@H]1[C@@H](NCc2cc(-c3ccccc3)on2)C[C@H]2C[C@@H]1C2(C)C. The lowest BCUT2D eigenvalue weighted by atomic mass is 9.45. The summed E-state index contributed by atoms with van der Waals surface area (Å²) in [6.07, 6.45) is 2.72. The van der Waals surface area contributed by atoms with Gasteiger partial charge in [-0.15, -0.1) is 0 Å². The molecule has 3 fully saturated rings. The predicted octanol–water partition coefficient (Wildman–Crippen LogP) is 4.50. The highest BCUT2D eigenvalue weighted by Crippen LogP contribution is 2.61. The van der Waals surface area contributed by atoms with Crippen LogP contribution in [-0.4, -0.2) is 11.2 Å². The van der Waals surface area contributed by atoms with Gasteiger partial charge in [-0.1, -0.05) is 56.3 Å². The maximum Gasteiger partial charge on any atom is 0.167 e. The Labute approximate surface area is 138 Å². The van der Waals surface area contributed by atoms with E-state index in [-0.39, 0.29) is 0 Å². The topological polar surface area (TPSA) is 38.1 Å². The van der Waals surface area contributed by atoms with Crippen molar-refractivity contribution in [3.8, 4) is 11.3 Å². The van der Waals surface area contributed by atoms with E-state index >= 15 is 0 Å². The fourth-order valence-electron chi connectivity index (χ4n) is 4.79. The van der Waals surface area contributed by atoms with Gasteiger partial charge in [-0.2, -0.15) is 0 Å². The van der Waals surface area contributed by atoms with E-state index in [0.29, 0.717) is 11.5 Å². The van der Waals surface area contributed by atoms with Gasteiger partial charge in [0.1, 0.15) is 0 Å². The maximum atomic E-state index is 5.49. The van der Waals surface area contributed by atoms with E-state index in [1.807, 2.05) is 18.2 Å². The highest BCUT2D eigenvalue weighted by atomic mass is 16.5. The van der Waals surface area contributed by atoms with Crippen molar-refractivity contribution in [3.05, 3.63) is 42.1 Å². The molecule has 1 aromatic heterocycles. The fourth-order valence-corrected chi connectivity index (χ4v) is 4.79. The molecule has 3 aliphatic rings. The molecular weight excluding hydrogens is 284 g/mol. The number of fused-ring (bicyclic) bond motifs is 2. The van der Waals surface area contributed by atoms with Crippen molar-refractivity contribution < 1.29 is 4.52 Å². The summed E-state index contributed by atoms with van der Waals surface area (Å²) in [5.41, 5.74) is 2.63. The van der Waals surface area contributed by atoms with Crippen LogP contribution in [0.2, 0.25) is 0 Å². The van der Waals surface area contributed by atoms with Crippen molar-refractivity contribution in [2.24, 2.45) is 23.2 Å². The molecule has 1 heterocycles. The van der Waals surface area contributed by atoms with Crippen LogP contribution in [0.15, 0.2) is 40.9 Å². The lowest BCUT2D eigenvalue weighted by Crippen LogP contribution is -2.59. The second-order valence-electron chi connectivity index (χ2n) is 7.99. The van der Waals surface area contributed by atoms with Crippen LogP contribution in [0.1, 0.15) is 39.3 Å². The standard InChI is InChI=1S/C20H26N2O/c1-13-17-9-15(20(17,2)3)10-18(13)21-12-16-11-19(23-22-16)14-7-5-4-6-8-14/h4-8,11,13,15,17-18,21H,9-10,12H2,1-3H3/t13-,15+,17-,18-/m0/s1. The quantitative estimate of drug-likeness (QED) is 0.903. The van der Waals surface area contributed by atoms with Gasteiger partial charge in [-0.05, 0) is 36.0 Å². The molecule has 0 radical (unpaired) electrons. The first-order chi connectivity index (χ1) is 11.1. The van der Waals surface area contributed by atoms with Crippen molar-refractivity contribution >= 4 is 0 Å². The summed E-state index contributed by atoms with van der Waals surface area (Å²) in [5.74, 6) is 3.35. The predicted molar refractivity (Wildman–Crippen MR) is 91.7 cm³/mol. The van der Waals surface area contributed by atoms with Crippen LogP contribution >= 0.6 is 0 Å². The Bertz CT molecular complexity index is 676. The second-order valence-corrected chi connectivity index (χ2v) is 7.99. The zero-order valence-electron chi connectivity index (χ0n) is 14.3. The molecule has 0 saturated heterocycles. The van der Waals surface area contributed by atoms with Crippen LogP contribution < -0.4 is 5.32 Å². The van der Waals surface area contributed by atoms with E-state index in [0.717, 1.165) is 41.3 Å². The highest BCUT2D eigenvalue weighted by molar-refractivity contribution is 5.56. The van der Waals surface area contributed by atoms with E-state index in [2.05, 4.69) is 49.4 Å². The van der Waals surface area contributed by atoms with Gasteiger partial charge in [-0.25, -0.2) is 0 Å². The summed E-state index contributed by atoms with van der Waals surface area (Å²) in [5, 5.41) is 7.95. The second kappa shape index (κ2) is 5.48. The van der Waals surface area contributed by atoms with Gasteiger partial charge in [0.25, 0.3) is 0 Å². The first-order valence-electron chi connectivity index (χ1n) is 8.80. The van der Waals surface area contributed by atoms with Crippen molar-refractivity contribution in [1.29, 1.82) is 0 Å². The smallest absolute Gasteiger partial charge is 0.167 e. The maximum absolute atomic E-state index is 5.49. The molecule has 3 heteroatoms. The summed E-state index contributed by atoms with van der Waals surface area (Å²) < 4.78 is 5.49. The molecule has 23 heavy (non-hydrogen) atoms. The molecule has 0 spiro atoms. The summed E-state index contributed by atoms with van der Waals surface area (Å²) in [7, 11) is 0. The Kier molecular flexibility index (Phi) is 3.56. The average molecular weight is 310 g/mol. The number of nitrogens with zero attached hydrogens (tertiary/aromatic N) is 1. The van der Waals surface area contributed by atoms with Crippen molar-refractivity contribution in [1.82, 2.24) is 10.5 Å². The molecule has 4 atom stereocenters. The van der Waals surface area contributed by atoms with Gasteiger partial charge in [0.05, 0.1) is 5.69 Å². The van der Waals surface area contributed by atoms with Crippen LogP contribution in [0.3, 0.4) is 0 Å². The number of nitrogens with one attached hydrogen (secondary N) is 1. The lowest BCUT2D eigenvalue weighted by molar-refractivity contribution is -0.115. The molecule has 1 aromatic carbocycles. The Morgan fingerprint density at radius 1 is 1.22 bits per heavy atom. The van der Waals surface area contributed by atoms with E-state index < -0.39 is 0 Å². The summed E-state index contributed by atoms with van der Waals surface area (Å²) >= 11 is 0. The normalized spacial score (nSPS) is 31.6.